The highest BCUT2D eigenvalue weighted by atomic mass is 16.5. The molecule has 0 bridgehead atoms. The standard InChI is InChI=1S/C17H26N2O2/c1-16(2,17(3)10-6-5-7-11-17)15(20)19-13-8-9-14(21-4)18-12-13/h8-9,12H,5-7,10-11H2,1-4H3,(H,19,20). The summed E-state index contributed by atoms with van der Waals surface area (Å²) >= 11 is 0. The van der Waals surface area contributed by atoms with Gasteiger partial charge in [0, 0.05) is 11.5 Å². The lowest BCUT2D eigenvalue weighted by Crippen LogP contribution is -2.45. The average Bonchev–Trinajstić information content (AvgIpc) is 2.48. The number of methoxy groups -OCH3 is 1. The third-order valence-corrected chi connectivity index (χ3v) is 5.24. The number of hydrogen-bond acceptors (Lipinski definition) is 3. The van der Waals surface area contributed by atoms with E-state index in [0.717, 1.165) is 12.8 Å². The number of carbonyl (C=O) groups excluding carboxylic acids is 1. The fraction of sp³-hybridized carbons (Fsp3) is 0.647. The molecule has 1 aromatic heterocycles. The van der Waals surface area contributed by atoms with Crippen LogP contribution in [0.15, 0.2) is 18.3 Å². The molecule has 4 nitrogen and oxygen atoms in total. The van der Waals surface area contributed by atoms with Crippen LogP contribution < -0.4 is 10.1 Å². The molecule has 0 unspecified atom stereocenters. The number of rotatable bonds is 4. The molecule has 1 aromatic rings. The fourth-order valence-electron chi connectivity index (χ4n) is 3.09. The van der Waals surface area contributed by atoms with E-state index in [1.54, 1.807) is 19.4 Å². The molecular weight excluding hydrogens is 264 g/mol. The van der Waals surface area contributed by atoms with Crippen LogP contribution >= 0.6 is 0 Å². The van der Waals surface area contributed by atoms with Crippen LogP contribution in [0.4, 0.5) is 5.69 Å². The van der Waals surface area contributed by atoms with Crippen molar-refractivity contribution in [2.45, 2.75) is 52.9 Å². The molecule has 0 spiro atoms. The van der Waals surface area contributed by atoms with Crippen LogP contribution in [0.1, 0.15) is 52.9 Å². The van der Waals surface area contributed by atoms with Crippen molar-refractivity contribution >= 4 is 11.6 Å². The van der Waals surface area contributed by atoms with E-state index in [1.165, 1.54) is 19.3 Å². The Labute approximate surface area is 127 Å². The lowest BCUT2D eigenvalue weighted by molar-refractivity contribution is -0.132. The zero-order valence-electron chi connectivity index (χ0n) is 13.5. The van der Waals surface area contributed by atoms with E-state index in [9.17, 15) is 4.79 Å². The topological polar surface area (TPSA) is 51.2 Å². The number of anilines is 1. The maximum absolute atomic E-state index is 12.7. The van der Waals surface area contributed by atoms with Gasteiger partial charge in [-0.1, -0.05) is 40.0 Å². The number of amides is 1. The summed E-state index contributed by atoms with van der Waals surface area (Å²) in [6, 6.07) is 3.58. The number of aromatic nitrogens is 1. The predicted molar refractivity (Wildman–Crippen MR) is 84.4 cm³/mol. The highest BCUT2D eigenvalue weighted by molar-refractivity contribution is 5.95. The molecule has 1 N–H and O–H groups in total. The Balaban J connectivity index is 2.10. The van der Waals surface area contributed by atoms with Gasteiger partial charge in [-0.15, -0.1) is 0 Å². The smallest absolute Gasteiger partial charge is 0.230 e. The predicted octanol–water partition coefficient (Wildman–Crippen LogP) is 4.03. The summed E-state index contributed by atoms with van der Waals surface area (Å²) in [4.78, 5) is 16.8. The Bertz CT molecular complexity index is 488. The third kappa shape index (κ3) is 3.20. The first kappa shape index (κ1) is 15.8. The largest absolute Gasteiger partial charge is 0.481 e. The third-order valence-electron chi connectivity index (χ3n) is 5.24. The van der Waals surface area contributed by atoms with Gasteiger partial charge in [-0.25, -0.2) is 4.98 Å². The molecule has 0 saturated heterocycles. The molecule has 0 atom stereocenters. The number of hydrogen-bond donors (Lipinski definition) is 1. The van der Waals surface area contributed by atoms with Crippen molar-refractivity contribution in [3.8, 4) is 5.88 Å². The fourth-order valence-corrected chi connectivity index (χ4v) is 3.09. The maximum Gasteiger partial charge on any atom is 0.230 e. The molecule has 1 saturated carbocycles. The molecular formula is C17H26N2O2. The number of nitrogens with zero attached hydrogens (tertiary/aromatic N) is 1. The van der Waals surface area contributed by atoms with Gasteiger partial charge in [-0.2, -0.15) is 0 Å². The van der Waals surface area contributed by atoms with Crippen LogP contribution in [0.2, 0.25) is 0 Å². The van der Waals surface area contributed by atoms with E-state index in [0.29, 0.717) is 11.6 Å². The lowest BCUT2D eigenvalue weighted by atomic mass is 9.59. The Morgan fingerprint density at radius 2 is 1.95 bits per heavy atom. The Morgan fingerprint density at radius 1 is 1.29 bits per heavy atom. The first-order valence-electron chi connectivity index (χ1n) is 7.70. The van der Waals surface area contributed by atoms with Gasteiger partial charge in [-0.3, -0.25) is 4.79 Å². The van der Waals surface area contributed by atoms with Crippen molar-refractivity contribution in [3.63, 3.8) is 0 Å². The van der Waals surface area contributed by atoms with Crippen LogP contribution in [0.3, 0.4) is 0 Å². The lowest BCUT2D eigenvalue weighted by Gasteiger charge is -2.45. The van der Waals surface area contributed by atoms with Crippen molar-refractivity contribution in [1.82, 2.24) is 4.98 Å². The monoisotopic (exact) mass is 290 g/mol. The second-order valence-corrected chi connectivity index (χ2v) is 6.79. The van der Waals surface area contributed by atoms with Crippen LogP contribution in [-0.4, -0.2) is 18.0 Å². The first-order chi connectivity index (χ1) is 9.89. The molecule has 1 aliphatic rings. The minimum absolute atomic E-state index is 0.0647. The second kappa shape index (κ2) is 6.04. The highest BCUT2D eigenvalue weighted by Gasteiger charge is 2.46. The van der Waals surface area contributed by atoms with Gasteiger partial charge in [0.1, 0.15) is 0 Å². The number of ether oxygens (including phenoxy) is 1. The average molecular weight is 290 g/mol. The van der Waals surface area contributed by atoms with E-state index in [4.69, 9.17) is 4.74 Å². The van der Waals surface area contributed by atoms with Crippen LogP contribution in [0, 0.1) is 10.8 Å². The molecule has 1 fully saturated rings. The molecule has 1 amide bonds. The Hall–Kier alpha value is -1.58. The van der Waals surface area contributed by atoms with Crippen LogP contribution in [0.5, 0.6) is 5.88 Å². The van der Waals surface area contributed by atoms with Crippen LogP contribution in [-0.2, 0) is 4.79 Å². The summed E-state index contributed by atoms with van der Waals surface area (Å²) in [5.74, 6) is 0.616. The molecule has 0 aromatic carbocycles. The zero-order valence-corrected chi connectivity index (χ0v) is 13.5. The number of nitrogens with one attached hydrogen (secondary N) is 1. The van der Waals surface area contributed by atoms with Gasteiger partial charge in [0.2, 0.25) is 11.8 Å². The van der Waals surface area contributed by atoms with Crippen molar-refractivity contribution in [3.05, 3.63) is 18.3 Å². The molecule has 2 rings (SSSR count). The summed E-state index contributed by atoms with van der Waals surface area (Å²) in [5.41, 5.74) is 0.385. The van der Waals surface area contributed by atoms with Crippen molar-refractivity contribution in [2.24, 2.45) is 10.8 Å². The highest BCUT2D eigenvalue weighted by Crippen LogP contribution is 2.49. The van der Waals surface area contributed by atoms with E-state index in [2.05, 4.69) is 31.1 Å². The van der Waals surface area contributed by atoms with Crippen LogP contribution in [0.25, 0.3) is 0 Å². The van der Waals surface area contributed by atoms with Gasteiger partial charge in [0.25, 0.3) is 0 Å². The minimum atomic E-state index is -0.395. The van der Waals surface area contributed by atoms with Gasteiger partial charge in [0.05, 0.1) is 19.0 Å². The molecule has 4 heteroatoms. The van der Waals surface area contributed by atoms with Crippen molar-refractivity contribution in [1.29, 1.82) is 0 Å². The summed E-state index contributed by atoms with van der Waals surface area (Å²) < 4.78 is 5.03. The van der Waals surface area contributed by atoms with Crippen molar-refractivity contribution in [2.75, 3.05) is 12.4 Å². The van der Waals surface area contributed by atoms with E-state index >= 15 is 0 Å². The second-order valence-electron chi connectivity index (χ2n) is 6.79. The summed E-state index contributed by atoms with van der Waals surface area (Å²) in [7, 11) is 1.58. The van der Waals surface area contributed by atoms with Crippen molar-refractivity contribution < 1.29 is 9.53 Å². The molecule has 0 aliphatic heterocycles. The SMILES string of the molecule is COc1ccc(NC(=O)C(C)(C)C2(C)CCCCC2)cn1. The van der Waals surface area contributed by atoms with Gasteiger partial charge in [-0.05, 0) is 24.3 Å². The molecule has 116 valence electrons. The first-order valence-corrected chi connectivity index (χ1v) is 7.70. The minimum Gasteiger partial charge on any atom is -0.481 e. The Kier molecular flexibility index (Phi) is 4.55. The van der Waals surface area contributed by atoms with E-state index in [1.807, 2.05) is 6.07 Å². The van der Waals surface area contributed by atoms with Gasteiger partial charge < -0.3 is 10.1 Å². The van der Waals surface area contributed by atoms with Gasteiger partial charge in [0.15, 0.2) is 0 Å². The summed E-state index contributed by atoms with van der Waals surface area (Å²) in [5, 5.41) is 3.00. The molecule has 0 radical (unpaired) electrons. The summed E-state index contributed by atoms with van der Waals surface area (Å²) in [6.45, 7) is 6.37. The Morgan fingerprint density at radius 3 is 2.48 bits per heavy atom. The molecule has 21 heavy (non-hydrogen) atoms. The van der Waals surface area contributed by atoms with E-state index in [-0.39, 0.29) is 11.3 Å². The molecule has 1 heterocycles. The molecule has 1 aliphatic carbocycles. The quantitative estimate of drug-likeness (QED) is 0.911. The van der Waals surface area contributed by atoms with Gasteiger partial charge >= 0.3 is 0 Å². The maximum atomic E-state index is 12.7. The number of pyridine rings is 1. The normalized spacial score (nSPS) is 18.1. The zero-order chi connectivity index (χ0) is 15.5. The van der Waals surface area contributed by atoms with E-state index < -0.39 is 5.41 Å². The summed E-state index contributed by atoms with van der Waals surface area (Å²) in [6.07, 6.45) is 7.60. The number of carbonyl (C=O) groups is 1.